The molecule has 1 heterocycles. The number of hydrogen-bond donors (Lipinski definition) is 2. The first kappa shape index (κ1) is 23.1. The molecule has 1 atom stereocenters. The maximum absolute atomic E-state index is 12.4. The number of aliphatic imine (C=N–C) groups is 1. The molecule has 0 bridgehead atoms. The van der Waals surface area contributed by atoms with Crippen LogP contribution >= 0.6 is 24.0 Å². The Bertz CT molecular complexity index is 716. The van der Waals surface area contributed by atoms with E-state index in [1.54, 1.807) is 25.2 Å². The minimum absolute atomic E-state index is 0. The Morgan fingerprint density at radius 1 is 1.31 bits per heavy atom. The van der Waals surface area contributed by atoms with Crippen LogP contribution in [0, 0.1) is 0 Å². The lowest BCUT2D eigenvalue weighted by Crippen LogP contribution is -2.45. The highest BCUT2D eigenvalue weighted by Crippen LogP contribution is 2.23. The molecule has 1 aliphatic rings. The smallest absolute Gasteiger partial charge is 0.242 e. The molecule has 9 heteroatoms. The van der Waals surface area contributed by atoms with Crippen LogP contribution in [0.5, 0.6) is 0 Å². The van der Waals surface area contributed by atoms with E-state index in [4.69, 9.17) is 4.74 Å². The van der Waals surface area contributed by atoms with Crippen LogP contribution in [-0.2, 0) is 21.3 Å². The number of benzene rings is 1. The zero-order chi connectivity index (χ0) is 18.5. The summed E-state index contributed by atoms with van der Waals surface area (Å²) in [7, 11) is 1.27. The van der Waals surface area contributed by atoms with Gasteiger partial charge in [0, 0.05) is 40.8 Å². The Balaban J connectivity index is 0.00000338. The lowest BCUT2D eigenvalue weighted by molar-refractivity contribution is 0.0243. The summed E-state index contributed by atoms with van der Waals surface area (Å²) >= 11 is 0. The minimum Gasteiger partial charge on any atom is -0.373 e. The Hall–Kier alpha value is -0.910. The fourth-order valence-corrected chi connectivity index (χ4v) is 3.86. The lowest BCUT2D eigenvalue weighted by atomic mass is 10.0. The number of nitrogens with zero attached hydrogens (tertiary/aromatic N) is 2. The molecule has 1 aliphatic heterocycles. The number of hydrogen-bond acceptors (Lipinski definition) is 4. The number of nitrogens with one attached hydrogen (secondary N) is 2. The molecule has 148 valence electrons. The third-order valence-electron chi connectivity index (χ3n) is 4.33. The van der Waals surface area contributed by atoms with Crippen molar-refractivity contribution in [2.45, 2.75) is 36.8 Å². The van der Waals surface area contributed by atoms with E-state index in [0.29, 0.717) is 29.5 Å². The van der Waals surface area contributed by atoms with Crippen LogP contribution in [0.3, 0.4) is 0 Å². The second-order valence-corrected chi connectivity index (χ2v) is 8.70. The average Bonchev–Trinajstić information content (AvgIpc) is 3.02. The van der Waals surface area contributed by atoms with E-state index < -0.39 is 10.0 Å². The summed E-state index contributed by atoms with van der Waals surface area (Å²) in [5, 5.41) is 6.44. The first-order chi connectivity index (χ1) is 11.8. The zero-order valence-electron chi connectivity index (χ0n) is 15.8. The molecule has 2 N–H and O–H groups in total. The summed E-state index contributed by atoms with van der Waals surface area (Å²) in [4.78, 5) is 4.50. The monoisotopic (exact) mass is 496 g/mol. The molecule has 26 heavy (non-hydrogen) atoms. The number of ether oxygens (including phenoxy) is 1. The van der Waals surface area contributed by atoms with Gasteiger partial charge >= 0.3 is 0 Å². The molecule has 1 saturated heterocycles. The predicted octanol–water partition coefficient (Wildman–Crippen LogP) is 1.79. The van der Waals surface area contributed by atoms with E-state index in [9.17, 15) is 8.42 Å². The van der Waals surface area contributed by atoms with Crippen LogP contribution in [0.1, 0.15) is 25.3 Å². The van der Waals surface area contributed by atoms with Gasteiger partial charge in [-0.25, -0.2) is 12.7 Å². The average molecular weight is 496 g/mol. The molecule has 1 fully saturated rings. The fraction of sp³-hybridized carbons (Fsp3) is 0.588. The van der Waals surface area contributed by atoms with Gasteiger partial charge in [0.15, 0.2) is 5.96 Å². The molecule has 1 aromatic rings. The Morgan fingerprint density at radius 3 is 2.58 bits per heavy atom. The zero-order valence-corrected chi connectivity index (χ0v) is 18.9. The number of halogens is 1. The highest BCUT2D eigenvalue weighted by atomic mass is 127. The van der Waals surface area contributed by atoms with Crippen molar-refractivity contribution in [3.8, 4) is 0 Å². The van der Waals surface area contributed by atoms with E-state index in [0.717, 1.165) is 19.4 Å². The van der Waals surface area contributed by atoms with Crippen LogP contribution in [0.15, 0.2) is 34.2 Å². The highest BCUT2D eigenvalue weighted by molar-refractivity contribution is 14.0. The Morgan fingerprint density at radius 2 is 2.00 bits per heavy atom. The summed E-state index contributed by atoms with van der Waals surface area (Å²) in [5.41, 5.74) is 0.520. The maximum Gasteiger partial charge on any atom is 0.242 e. The second kappa shape index (κ2) is 9.86. The number of sulfonamides is 1. The van der Waals surface area contributed by atoms with Gasteiger partial charge in [-0.3, -0.25) is 4.99 Å². The topological polar surface area (TPSA) is 83.0 Å². The maximum atomic E-state index is 12.4. The summed E-state index contributed by atoms with van der Waals surface area (Å²) in [6.07, 6.45) is 2.08. The highest BCUT2D eigenvalue weighted by Gasteiger charge is 2.29. The van der Waals surface area contributed by atoms with Gasteiger partial charge in [-0.1, -0.05) is 18.2 Å². The molecule has 0 aromatic heterocycles. The lowest BCUT2D eigenvalue weighted by Gasteiger charge is -2.25. The van der Waals surface area contributed by atoms with Gasteiger partial charge in [0.1, 0.15) is 0 Å². The van der Waals surface area contributed by atoms with Crippen molar-refractivity contribution in [3.05, 3.63) is 29.8 Å². The molecule has 0 aliphatic carbocycles. The third kappa shape index (κ3) is 5.80. The van der Waals surface area contributed by atoms with Gasteiger partial charge in [0.25, 0.3) is 0 Å². The van der Waals surface area contributed by atoms with E-state index in [2.05, 4.69) is 22.5 Å². The van der Waals surface area contributed by atoms with E-state index in [1.165, 1.54) is 18.4 Å². The first-order valence-electron chi connectivity index (χ1n) is 8.37. The second-order valence-electron chi connectivity index (χ2n) is 6.58. The standard InChI is InChI=1S/C17H28N4O3S.HI/c1-17(10-7-11-24-17)13-20-16(18-2)19-12-14-8-5-6-9-15(14)25(22,23)21(3)4;/h5-6,8-9H,7,10-13H2,1-4H3,(H2,18,19,20);1H. The van der Waals surface area contributed by atoms with Gasteiger partial charge in [0.05, 0.1) is 10.5 Å². The van der Waals surface area contributed by atoms with Gasteiger partial charge in [0.2, 0.25) is 10.0 Å². The van der Waals surface area contributed by atoms with Crippen molar-refractivity contribution in [1.82, 2.24) is 14.9 Å². The van der Waals surface area contributed by atoms with Crippen molar-refractivity contribution in [3.63, 3.8) is 0 Å². The van der Waals surface area contributed by atoms with Crippen LogP contribution in [-0.4, -0.2) is 58.6 Å². The summed E-state index contributed by atoms with van der Waals surface area (Å²) < 4.78 is 31.9. The molecule has 0 amide bonds. The molecule has 1 aromatic carbocycles. The third-order valence-corrected chi connectivity index (χ3v) is 6.25. The van der Waals surface area contributed by atoms with Crippen molar-refractivity contribution < 1.29 is 13.2 Å². The molecular weight excluding hydrogens is 467 g/mol. The molecule has 7 nitrogen and oxygen atoms in total. The Kier molecular flexibility index (Phi) is 8.77. The van der Waals surface area contributed by atoms with E-state index >= 15 is 0 Å². The quantitative estimate of drug-likeness (QED) is 0.357. The summed E-state index contributed by atoms with van der Waals surface area (Å²) in [5.74, 6) is 0.619. The molecule has 2 rings (SSSR count). The molecule has 0 spiro atoms. The van der Waals surface area contributed by atoms with E-state index in [1.807, 2.05) is 6.07 Å². The summed E-state index contributed by atoms with van der Waals surface area (Å²) in [6.45, 7) is 3.89. The van der Waals surface area contributed by atoms with Gasteiger partial charge in [-0.05, 0) is 31.4 Å². The van der Waals surface area contributed by atoms with Crippen LogP contribution in [0.2, 0.25) is 0 Å². The van der Waals surface area contributed by atoms with Crippen LogP contribution in [0.4, 0.5) is 0 Å². The van der Waals surface area contributed by atoms with Gasteiger partial charge in [-0.15, -0.1) is 24.0 Å². The molecular formula is C17H29IN4O3S. The van der Waals surface area contributed by atoms with Crippen molar-refractivity contribution in [2.75, 3.05) is 34.3 Å². The largest absolute Gasteiger partial charge is 0.373 e. The number of guanidine groups is 1. The van der Waals surface area contributed by atoms with Gasteiger partial charge in [-0.2, -0.15) is 0 Å². The van der Waals surface area contributed by atoms with Crippen molar-refractivity contribution in [1.29, 1.82) is 0 Å². The normalized spacial score (nSPS) is 20.7. The van der Waals surface area contributed by atoms with Gasteiger partial charge < -0.3 is 15.4 Å². The van der Waals surface area contributed by atoms with E-state index in [-0.39, 0.29) is 29.6 Å². The first-order valence-corrected chi connectivity index (χ1v) is 9.81. The van der Waals surface area contributed by atoms with Crippen molar-refractivity contribution >= 4 is 40.0 Å². The van der Waals surface area contributed by atoms with Crippen LogP contribution < -0.4 is 10.6 Å². The molecule has 1 unspecified atom stereocenters. The summed E-state index contributed by atoms with van der Waals surface area (Å²) in [6, 6.07) is 6.98. The number of rotatable bonds is 6. The SMILES string of the molecule is CN=C(NCc1ccccc1S(=O)(=O)N(C)C)NCC1(C)CCCO1.I. The fourth-order valence-electron chi connectivity index (χ4n) is 2.74. The molecule has 0 radical (unpaired) electrons. The molecule has 0 saturated carbocycles. The Labute approximate surface area is 173 Å². The van der Waals surface area contributed by atoms with Crippen LogP contribution in [0.25, 0.3) is 0 Å². The van der Waals surface area contributed by atoms with Crippen molar-refractivity contribution in [2.24, 2.45) is 4.99 Å². The predicted molar refractivity (Wildman–Crippen MR) is 115 cm³/mol. The minimum atomic E-state index is -3.48.